The Kier molecular flexibility index (Phi) is 3.35. The van der Waals surface area contributed by atoms with E-state index in [0.29, 0.717) is 5.75 Å². The highest BCUT2D eigenvalue weighted by molar-refractivity contribution is 9.10. The van der Waals surface area contributed by atoms with Gasteiger partial charge >= 0.3 is 0 Å². The van der Waals surface area contributed by atoms with E-state index in [1.807, 2.05) is 24.3 Å². The van der Waals surface area contributed by atoms with E-state index in [1.54, 1.807) is 0 Å². The molecular weight excluding hydrogens is 404 g/mol. The van der Waals surface area contributed by atoms with E-state index in [2.05, 4.69) is 68.3 Å². The van der Waals surface area contributed by atoms with Crippen molar-refractivity contribution in [2.75, 3.05) is 0 Å². The van der Waals surface area contributed by atoms with Crippen molar-refractivity contribution in [3.63, 3.8) is 0 Å². The van der Waals surface area contributed by atoms with Gasteiger partial charge in [-0.2, -0.15) is 0 Å². The fourth-order valence-electron chi connectivity index (χ4n) is 3.27. The first-order valence-corrected chi connectivity index (χ1v) is 8.61. The third-order valence-electron chi connectivity index (χ3n) is 4.20. The molecule has 0 saturated carbocycles. The molecule has 0 aromatic heterocycles. The Balaban J connectivity index is 2.07. The Morgan fingerprint density at radius 1 is 0.818 bits per heavy atom. The van der Waals surface area contributed by atoms with Gasteiger partial charge in [0.15, 0.2) is 0 Å². The number of rotatable bonds is 1. The van der Waals surface area contributed by atoms with Gasteiger partial charge in [-0.3, -0.25) is 0 Å². The molecule has 3 aromatic rings. The number of benzene rings is 3. The van der Waals surface area contributed by atoms with Crippen molar-refractivity contribution >= 4 is 31.9 Å². The molecule has 108 valence electrons. The summed E-state index contributed by atoms with van der Waals surface area (Å²) in [6, 6.07) is 20.6. The Bertz CT molecular complexity index is 872. The van der Waals surface area contributed by atoms with Crippen LogP contribution in [0.4, 0.5) is 0 Å². The molecule has 1 aliphatic carbocycles. The highest BCUT2D eigenvalue weighted by atomic mass is 79.9. The lowest BCUT2D eigenvalue weighted by molar-refractivity contribution is 0.465. The fourth-order valence-corrected chi connectivity index (χ4v) is 4.00. The first-order chi connectivity index (χ1) is 10.7. The van der Waals surface area contributed by atoms with Crippen LogP contribution in [0.3, 0.4) is 0 Å². The van der Waals surface area contributed by atoms with Crippen molar-refractivity contribution in [3.8, 4) is 16.9 Å². The summed E-state index contributed by atoms with van der Waals surface area (Å²) >= 11 is 7.02. The topological polar surface area (TPSA) is 20.2 Å². The number of aromatic hydroxyl groups is 1. The molecule has 1 unspecified atom stereocenters. The smallest absolute Gasteiger partial charge is 0.134 e. The van der Waals surface area contributed by atoms with Gasteiger partial charge in [0, 0.05) is 16.0 Å². The summed E-state index contributed by atoms with van der Waals surface area (Å²) in [6.07, 6.45) is 0. The minimum Gasteiger partial charge on any atom is -0.506 e. The second-order valence-corrected chi connectivity index (χ2v) is 7.20. The second-order valence-electron chi connectivity index (χ2n) is 5.43. The molecule has 1 N–H and O–H groups in total. The van der Waals surface area contributed by atoms with Gasteiger partial charge < -0.3 is 5.11 Å². The van der Waals surface area contributed by atoms with Crippen LogP contribution in [0.2, 0.25) is 0 Å². The zero-order valence-electron chi connectivity index (χ0n) is 11.6. The molecule has 0 spiro atoms. The lowest BCUT2D eigenvalue weighted by Crippen LogP contribution is -1.99. The van der Waals surface area contributed by atoms with E-state index >= 15 is 0 Å². The molecule has 0 amide bonds. The zero-order valence-corrected chi connectivity index (χ0v) is 14.7. The van der Waals surface area contributed by atoms with Crippen LogP contribution in [-0.2, 0) is 0 Å². The molecule has 0 fully saturated rings. The predicted molar refractivity (Wildman–Crippen MR) is 96.3 cm³/mol. The Hall–Kier alpha value is -1.58. The summed E-state index contributed by atoms with van der Waals surface area (Å²) in [4.78, 5) is 0. The molecule has 0 saturated heterocycles. The van der Waals surface area contributed by atoms with Gasteiger partial charge in [0.05, 0.1) is 4.47 Å². The van der Waals surface area contributed by atoms with Crippen molar-refractivity contribution in [2.24, 2.45) is 0 Å². The molecule has 1 nitrogen and oxygen atoms in total. The average molecular weight is 416 g/mol. The van der Waals surface area contributed by atoms with Crippen molar-refractivity contribution in [3.05, 3.63) is 86.3 Å². The summed E-state index contributed by atoms with van der Waals surface area (Å²) in [6.45, 7) is 0. The normalized spacial score (nSPS) is 15.5. The summed E-state index contributed by atoms with van der Waals surface area (Å²) < 4.78 is 1.79. The third-order valence-corrected chi connectivity index (χ3v) is 5.34. The van der Waals surface area contributed by atoms with E-state index in [-0.39, 0.29) is 5.92 Å². The van der Waals surface area contributed by atoms with Gasteiger partial charge in [0.2, 0.25) is 0 Å². The number of phenolic OH excluding ortho intramolecular Hbond substituents is 1. The Morgan fingerprint density at radius 2 is 1.55 bits per heavy atom. The summed E-state index contributed by atoms with van der Waals surface area (Å²) in [5.74, 6) is 0.389. The zero-order chi connectivity index (χ0) is 15.3. The van der Waals surface area contributed by atoms with Crippen LogP contribution in [0.5, 0.6) is 5.75 Å². The maximum atomic E-state index is 10.6. The number of hydrogen-bond donors (Lipinski definition) is 1. The molecule has 3 heteroatoms. The van der Waals surface area contributed by atoms with Crippen LogP contribution in [0.1, 0.15) is 22.6 Å². The molecular formula is C19H12Br2O. The maximum absolute atomic E-state index is 10.6. The van der Waals surface area contributed by atoms with Crippen LogP contribution < -0.4 is 0 Å². The largest absolute Gasteiger partial charge is 0.506 e. The number of hydrogen-bond acceptors (Lipinski definition) is 1. The minimum atomic E-state index is 0.0567. The van der Waals surface area contributed by atoms with Crippen LogP contribution in [0, 0.1) is 0 Å². The fraction of sp³-hybridized carbons (Fsp3) is 0.0526. The number of phenols is 1. The van der Waals surface area contributed by atoms with Crippen molar-refractivity contribution in [1.29, 1.82) is 0 Å². The van der Waals surface area contributed by atoms with E-state index in [4.69, 9.17) is 0 Å². The standard InChI is InChI=1S/C19H12Br2O/c20-12-6-7-13-14-8-9-16(21)19(22)18(14)17(15(13)10-12)11-4-2-1-3-5-11/h1-10,17,22H. The van der Waals surface area contributed by atoms with Gasteiger partial charge in [-0.1, -0.05) is 58.4 Å². The van der Waals surface area contributed by atoms with Crippen LogP contribution >= 0.6 is 31.9 Å². The molecule has 1 aliphatic rings. The van der Waals surface area contributed by atoms with Gasteiger partial charge in [-0.25, -0.2) is 0 Å². The van der Waals surface area contributed by atoms with Crippen LogP contribution in [0.15, 0.2) is 69.6 Å². The summed E-state index contributed by atoms with van der Waals surface area (Å²) in [7, 11) is 0. The first kappa shape index (κ1) is 14.0. The highest BCUT2D eigenvalue weighted by Crippen LogP contribution is 2.53. The predicted octanol–water partition coefficient (Wildman–Crippen LogP) is 6.08. The third kappa shape index (κ3) is 2.03. The summed E-state index contributed by atoms with van der Waals surface area (Å²) in [5, 5.41) is 10.6. The van der Waals surface area contributed by atoms with E-state index in [9.17, 15) is 5.11 Å². The lowest BCUT2D eigenvalue weighted by Gasteiger charge is -2.16. The van der Waals surface area contributed by atoms with Crippen molar-refractivity contribution < 1.29 is 5.11 Å². The molecule has 0 radical (unpaired) electrons. The molecule has 0 heterocycles. The van der Waals surface area contributed by atoms with Crippen molar-refractivity contribution in [2.45, 2.75) is 5.92 Å². The molecule has 4 rings (SSSR count). The highest BCUT2D eigenvalue weighted by Gasteiger charge is 2.33. The molecule has 22 heavy (non-hydrogen) atoms. The quantitative estimate of drug-likeness (QED) is 0.399. The monoisotopic (exact) mass is 414 g/mol. The van der Waals surface area contributed by atoms with Gasteiger partial charge in [0.25, 0.3) is 0 Å². The van der Waals surface area contributed by atoms with Crippen LogP contribution in [0.25, 0.3) is 11.1 Å². The van der Waals surface area contributed by atoms with Gasteiger partial charge in [-0.05, 0) is 56.4 Å². The maximum Gasteiger partial charge on any atom is 0.134 e. The molecule has 0 aliphatic heterocycles. The molecule has 1 atom stereocenters. The SMILES string of the molecule is Oc1c(Br)ccc2c1C(c1ccccc1)c1cc(Br)ccc1-2. The summed E-state index contributed by atoms with van der Waals surface area (Å²) in [5.41, 5.74) is 5.69. The number of halogens is 2. The van der Waals surface area contributed by atoms with E-state index in [0.717, 1.165) is 20.1 Å². The Morgan fingerprint density at radius 3 is 2.32 bits per heavy atom. The van der Waals surface area contributed by atoms with E-state index in [1.165, 1.54) is 16.7 Å². The lowest BCUT2D eigenvalue weighted by atomic mass is 9.89. The Labute approximate surface area is 145 Å². The van der Waals surface area contributed by atoms with Gasteiger partial charge in [-0.15, -0.1) is 0 Å². The molecule has 0 bridgehead atoms. The minimum absolute atomic E-state index is 0.0567. The van der Waals surface area contributed by atoms with Crippen LogP contribution in [-0.4, -0.2) is 5.11 Å². The first-order valence-electron chi connectivity index (χ1n) is 7.03. The van der Waals surface area contributed by atoms with E-state index < -0.39 is 0 Å². The second kappa shape index (κ2) is 5.25. The molecule has 3 aromatic carbocycles. The average Bonchev–Trinajstić information content (AvgIpc) is 2.86. The van der Waals surface area contributed by atoms with Gasteiger partial charge in [0.1, 0.15) is 5.75 Å². The number of fused-ring (bicyclic) bond motifs is 3. The van der Waals surface area contributed by atoms with Crippen molar-refractivity contribution in [1.82, 2.24) is 0 Å².